The van der Waals surface area contributed by atoms with E-state index in [1.807, 2.05) is 24.3 Å². The first kappa shape index (κ1) is 20.8. The van der Waals surface area contributed by atoms with Gasteiger partial charge in [0.1, 0.15) is 13.1 Å². The third-order valence-electron chi connectivity index (χ3n) is 5.59. The van der Waals surface area contributed by atoms with E-state index in [9.17, 15) is 14.7 Å². The predicted octanol–water partition coefficient (Wildman–Crippen LogP) is 0.728. The first-order chi connectivity index (χ1) is 14.6. The number of amides is 1. The first-order valence-electron chi connectivity index (χ1n) is 10.0. The van der Waals surface area contributed by atoms with Gasteiger partial charge in [-0.3, -0.25) is 9.59 Å². The van der Waals surface area contributed by atoms with Crippen molar-refractivity contribution in [1.29, 1.82) is 0 Å². The molecule has 1 amide bonds. The van der Waals surface area contributed by atoms with Crippen LogP contribution >= 0.6 is 15.9 Å². The van der Waals surface area contributed by atoms with Gasteiger partial charge < -0.3 is 24.1 Å². The third kappa shape index (κ3) is 4.21. The highest BCUT2D eigenvalue weighted by atomic mass is 79.9. The number of ketones is 1. The van der Waals surface area contributed by atoms with Gasteiger partial charge in [-0.2, -0.15) is 0 Å². The van der Waals surface area contributed by atoms with Crippen LogP contribution in [0.5, 0.6) is 0 Å². The van der Waals surface area contributed by atoms with E-state index in [1.165, 1.54) is 22.1 Å². The predicted molar refractivity (Wildman–Crippen MR) is 110 cm³/mol. The molecule has 0 bridgehead atoms. The molecular weight excluding hydrogens is 452 g/mol. The monoisotopic (exact) mass is 474 g/mol. The molecule has 1 aromatic heterocycles. The summed E-state index contributed by atoms with van der Waals surface area (Å²) in [6.45, 7) is 4.66. The maximum absolute atomic E-state index is 13.0. The molecule has 1 unspecified atom stereocenters. The number of nitrogens with zero attached hydrogens (tertiary/aromatic N) is 1. The summed E-state index contributed by atoms with van der Waals surface area (Å²) in [5, 5.41) is 12.8. The Hall–Kier alpha value is -2.42. The van der Waals surface area contributed by atoms with Crippen LogP contribution in [-0.4, -0.2) is 56.0 Å². The van der Waals surface area contributed by atoms with Crippen LogP contribution in [0.1, 0.15) is 28.6 Å². The number of hydrogen-bond donors (Lipinski definition) is 1. The quantitative estimate of drug-likeness (QED) is 0.597. The number of quaternary nitrogens is 1. The molecule has 1 aromatic carbocycles. The Labute approximate surface area is 183 Å². The van der Waals surface area contributed by atoms with E-state index in [4.69, 9.17) is 9.15 Å². The van der Waals surface area contributed by atoms with Crippen LogP contribution in [0.2, 0.25) is 0 Å². The lowest BCUT2D eigenvalue weighted by Gasteiger charge is -2.29. The van der Waals surface area contributed by atoms with Crippen LogP contribution in [0.15, 0.2) is 62.9 Å². The van der Waals surface area contributed by atoms with Gasteiger partial charge in [0.2, 0.25) is 11.7 Å². The summed E-state index contributed by atoms with van der Waals surface area (Å²) in [5.41, 5.74) is 0.682. The molecule has 0 radical (unpaired) electrons. The normalized spacial score (nSPS) is 20.2. The number of carbonyl (C=O) groups excluding carboxylic acids is 2. The summed E-state index contributed by atoms with van der Waals surface area (Å²) in [5.74, 6) is -1.85. The fourth-order valence-corrected chi connectivity index (χ4v) is 4.31. The second kappa shape index (κ2) is 9.16. The molecule has 0 saturated carbocycles. The zero-order valence-electron chi connectivity index (χ0n) is 16.4. The maximum Gasteiger partial charge on any atom is 0.239 e. The van der Waals surface area contributed by atoms with E-state index in [1.54, 1.807) is 6.07 Å². The number of hydrogen-bond acceptors (Lipinski definition) is 5. The molecule has 1 N–H and O–H groups in total. The molecular formula is C22H23BrN2O5. The van der Waals surface area contributed by atoms with Crippen molar-refractivity contribution < 1.29 is 28.7 Å². The van der Waals surface area contributed by atoms with Gasteiger partial charge in [-0.15, -0.1) is 0 Å². The fourth-order valence-electron chi connectivity index (χ4n) is 4.04. The largest absolute Gasteiger partial charge is 0.868 e. The molecule has 158 valence electrons. The van der Waals surface area contributed by atoms with Crippen LogP contribution in [0, 0.1) is 0 Å². The summed E-state index contributed by atoms with van der Waals surface area (Å²) in [6, 6.07) is 9.73. The van der Waals surface area contributed by atoms with Gasteiger partial charge in [0.15, 0.2) is 5.76 Å². The average molecular weight is 475 g/mol. The summed E-state index contributed by atoms with van der Waals surface area (Å²) < 4.78 is 11.5. The third-order valence-corrected chi connectivity index (χ3v) is 6.12. The molecule has 2 aromatic rings. The molecule has 0 spiro atoms. The number of furan rings is 1. The lowest BCUT2D eigenvalue weighted by molar-refractivity contribution is -0.908. The minimum Gasteiger partial charge on any atom is -0.868 e. The highest BCUT2D eigenvalue weighted by molar-refractivity contribution is 9.10. The number of ether oxygens (including phenoxy) is 1. The molecule has 0 aliphatic carbocycles. The highest BCUT2D eigenvalue weighted by Crippen LogP contribution is 2.38. The van der Waals surface area contributed by atoms with Crippen LogP contribution < -0.4 is 10.0 Å². The van der Waals surface area contributed by atoms with Crippen LogP contribution in [0.3, 0.4) is 0 Å². The SMILES string of the molecule is O=C(C1=C([O-])C(=O)N(CCC[NH+]2CCOCC2)C1c1ccc(Br)cc1)c1ccco1. The molecule has 1 fully saturated rings. The van der Waals surface area contributed by atoms with Crippen molar-refractivity contribution in [2.75, 3.05) is 39.4 Å². The van der Waals surface area contributed by atoms with Gasteiger partial charge in [0, 0.05) is 23.0 Å². The molecule has 1 saturated heterocycles. The zero-order chi connectivity index (χ0) is 21.1. The molecule has 4 rings (SSSR count). The van der Waals surface area contributed by atoms with E-state index >= 15 is 0 Å². The molecule has 30 heavy (non-hydrogen) atoms. The summed E-state index contributed by atoms with van der Waals surface area (Å²) in [7, 11) is 0. The Kier molecular flexibility index (Phi) is 6.36. The maximum atomic E-state index is 13.0. The van der Waals surface area contributed by atoms with Crippen molar-refractivity contribution in [3.8, 4) is 0 Å². The highest BCUT2D eigenvalue weighted by Gasteiger charge is 2.40. The van der Waals surface area contributed by atoms with Gasteiger partial charge in [0.05, 0.1) is 32.1 Å². The van der Waals surface area contributed by atoms with Gasteiger partial charge in [-0.05, 0) is 35.6 Å². The van der Waals surface area contributed by atoms with Crippen LogP contribution in [0.4, 0.5) is 0 Å². The Morgan fingerprint density at radius 1 is 1.20 bits per heavy atom. The molecule has 2 aliphatic rings. The summed E-state index contributed by atoms with van der Waals surface area (Å²) in [4.78, 5) is 28.8. The Morgan fingerprint density at radius 3 is 2.60 bits per heavy atom. The van der Waals surface area contributed by atoms with Gasteiger partial charge >= 0.3 is 0 Å². The Balaban J connectivity index is 1.59. The minimum atomic E-state index is -0.747. The Bertz CT molecular complexity index is 933. The molecule has 1 atom stereocenters. The van der Waals surface area contributed by atoms with Crippen LogP contribution in [0.25, 0.3) is 0 Å². The van der Waals surface area contributed by atoms with E-state index in [0.29, 0.717) is 6.54 Å². The first-order valence-corrected chi connectivity index (χ1v) is 10.8. The van der Waals surface area contributed by atoms with E-state index in [-0.39, 0.29) is 11.3 Å². The second-order valence-corrected chi connectivity index (χ2v) is 8.38. The average Bonchev–Trinajstić information content (AvgIpc) is 3.38. The number of morpholine rings is 1. The smallest absolute Gasteiger partial charge is 0.239 e. The van der Waals surface area contributed by atoms with Crippen molar-refractivity contribution in [1.82, 2.24) is 4.90 Å². The summed E-state index contributed by atoms with van der Waals surface area (Å²) in [6.07, 6.45) is 2.12. The van der Waals surface area contributed by atoms with Crippen LogP contribution in [-0.2, 0) is 9.53 Å². The molecule has 2 aliphatic heterocycles. The standard InChI is InChI=1S/C22H23BrN2O5/c23-16-6-4-15(5-7-16)19-18(20(26)17-3-1-12-30-17)21(27)22(28)25(19)9-2-8-24-10-13-29-14-11-24/h1,3-7,12,19,27H,2,8-11,13-14H2. The number of carbonyl (C=O) groups is 2. The number of nitrogens with one attached hydrogen (secondary N) is 1. The lowest BCUT2D eigenvalue weighted by atomic mass is 9.95. The number of halogens is 1. The van der Waals surface area contributed by atoms with Crippen molar-refractivity contribution >= 4 is 27.6 Å². The topological polar surface area (TPSA) is 87.2 Å². The minimum absolute atomic E-state index is 0.0454. The van der Waals surface area contributed by atoms with Gasteiger partial charge in [0.25, 0.3) is 0 Å². The van der Waals surface area contributed by atoms with Gasteiger partial charge in [-0.25, -0.2) is 0 Å². The van der Waals surface area contributed by atoms with E-state index in [2.05, 4.69) is 15.9 Å². The second-order valence-electron chi connectivity index (χ2n) is 7.47. The van der Waals surface area contributed by atoms with E-state index in [0.717, 1.165) is 49.3 Å². The van der Waals surface area contributed by atoms with Crippen molar-refractivity contribution in [2.45, 2.75) is 12.5 Å². The van der Waals surface area contributed by atoms with E-state index < -0.39 is 23.5 Å². The van der Waals surface area contributed by atoms with Crippen molar-refractivity contribution in [3.05, 3.63) is 69.8 Å². The number of Topliss-reactive ketones (excluding diaryl/α,β-unsaturated/α-hetero) is 1. The molecule has 7 nitrogen and oxygen atoms in total. The fraction of sp³-hybridized carbons (Fsp3) is 0.364. The molecule has 3 heterocycles. The summed E-state index contributed by atoms with van der Waals surface area (Å²) >= 11 is 3.41. The van der Waals surface area contributed by atoms with Crippen molar-refractivity contribution in [2.24, 2.45) is 0 Å². The lowest BCUT2D eigenvalue weighted by Crippen LogP contribution is -3.14. The number of benzene rings is 1. The molecule has 8 heteroatoms. The van der Waals surface area contributed by atoms with Crippen molar-refractivity contribution in [3.63, 3.8) is 0 Å². The number of rotatable bonds is 7. The Morgan fingerprint density at radius 2 is 1.93 bits per heavy atom. The zero-order valence-corrected chi connectivity index (χ0v) is 18.0. The van der Waals surface area contributed by atoms with Gasteiger partial charge in [-0.1, -0.05) is 28.1 Å².